The van der Waals surface area contributed by atoms with Crippen molar-refractivity contribution in [2.75, 3.05) is 13.2 Å². The summed E-state index contributed by atoms with van der Waals surface area (Å²) in [7, 11) is 0. The average Bonchev–Trinajstić information content (AvgIpc) is 2.30. The molecule has 0 saturated heterocycles. The molecule has 7 heteroatoms. The molecule has 5 N–H and O–H groups in total. The molecule has 0 unspecified atom stereocenters. The Hall–Kier alpha value is -1.50. The van der Waals surface area contributed by atoms with E-state index in [0.717, 1.165) is 0 Å². The molecule has 0 saturated carbocycles. The van der Waals surface area contributed by atoms with Crippen molar-refractivity contribution in [2.24, 2.45) is 5.73 Å². The molecule has 0 radical (unpaired) electrons. The fourth-order valence-electron chi connectivity index (χ4n) is 1.48. The molecular formula is C12H18ClNO5. The van der Waals surface area contributed by atoms with Gasteiger partial charge in [0.25, 0.3) is 0 Å². The maximum atomic E-state index is 11.6. The van der Waals surface area contributed by atoms with Gasteiger partial charge < -0.3 is 25.8 Å². The van der Waals surface area contributed by atoms with E-state index in [0.29, 0.717) is 5.56 Å². The number of esters is 1. The smallest absolute Gasteiger partial charge is 0.326 e. The van der Waals surface area contributed by atoms with Crippen LogP contribution in [0.1, 0.15) is 12.5 Å². The zero-order valence-electron chi connectivity index (χ0n) is 10.5. The lowest BCUT2D eigenvalue weighted by Gasteiger charge is -2.22. The van der Waals surface area contributed by atoms with Crippen LogP contribution in [0.25, 0.3) is 0 Å². The molecule has 0 bridgehead atoms. The Balaban J connectivity index is 0.00000324. The number of aromatic hydroxyl groups is 2. The highest BCUT2D eigenvalue weighted by Gasteiger charge is 2.30. The Kier molecular flexibility index (Phi) is 6.61. The zero-order chi connectivity index (χ0) is 13.8. The summed E-state index contributed by atoms with van der Waals surface area (Å²) < 4.78 is 4.76. The summed E-state index contributed by atoms with van der Waals surface area (Å²) in [6, 6.07) is 4.21. The van der Waals surface area contributed by atoms with Gasteiger partial charge in [-0.1, -0.05) is 6.07 Å². The van der Waals surface area contributed by atoms with Gasteiger partial charge >= 0.3 is 5.97 Å². The van der Waals surface area contributed by atoms with Gasteiger partial charge in [-0.2, -0.15) is 0 Å². The highest BCUT2D eigenvalue weighted by Crippen LogP contribution is 2.26. The van der Waals surface area contributed by atoms with Crippen molar-refractivity contribution in [2.45, 2.75) is 18.9 Å². The van der Waals surface area contributed by atoms with Crippen LogP contribution in [0.4, 0.5) is 0 Å². The minimum atomic E-state index is -1.27. The van der Waals surface area contributed by atoms with Crippen LogP contribution in [0, 0.1) is 0 Å². The summed E-state index contributed by atoms with van der Waals surface area (Å²) in [4.78, 5) is 11.6. The van der Waals surface area contributed by atoms with Gasteiger partial charge in [0.05, 0.1) is 6.61 Å². The van der Waals surface area contributed by atoms with Crippen LogP contribution < -0.4 is 5.73 Å². The zero-order valence-corrected chi connectivity index (χ0v) is 11.3. The normalized spacial score (nSPS) is 13.2. The standard InChI is InChI=1S/C12H17NO5.ClH/c1-12(13,11(17)18-5-4-14)7-8-2-3-9(15)10(16)6-8;/h2-3,6,14-16H,4-5,7,13H2,1H3;1H/t12-;/m0./s1. The average molecular weight is 292 g/mol. The summed E-state index contributed by atoms with van der Waals surface area (Å²) in [5, 5.41) is 27.1. The van der Waals surface area contributed by atoms with Crippen molar-refractivity contribution in [1.82, 2.24) is 0 Å². The molecule has 1 rings (SSSR count). The Morgan fingerprint density at radius 2 is 2.00 bits per heavy atom. The van der Waals surface area contributed by atoms with Crippen LogP contribution in [0.15, 0.2) is 18.2 Å². The molecule has 0 spiro atoms. The summed E-state index contributed by atoms with van der Waals surface area (Å²) in [6.07, 6.45) is 0.144. The Morgan fingerprint density at radius 1 is 1.37 bits per heavy atom. The number of carbonyl (C=O) groups excluding carboxylic acids is 1. The Bertz CT molecular complexity index is 436. The monoisotopic (exact) mass is 291 g/mol. The number of nitrogens with two attached hydrogens (primary N) is 1. The number of aliphatic hydroxyl groups is 1. The molecule has 1 atom stereocenters. The molecule has 0 aliphatic heterocycles. The molecular weight excluding hydrogens is 274 g/mol. The molecule has 0 heterocycles. The maximum absolute atomic E-state index is 11.6. The van der Waals surface area contributed by atoms with Gasteiger partial charge in [-0.3, -0.25) is 4.79 Å². The number of phenolic OH excluding ortho intramolecular Hbond substituents is 2. The molecule has 108 valence electrons. The fourth-order valence-corrected chi connectivity index (χ4v) is 1.48. The number of ether oxygens (including phenoxy) is 1. The number of phenols is 2. The molecule has 0 aromatic heterocycles. The lowest BCUT2D eigenvalue weighted by atomic mass is 9.94. The third-order valence-electron chi connectivity index (χ3n) is 2.40. The molecule has 19 heavy (non-hydrogen) atoms. The van der Waals surface area contributed by atoms with E-state index in [4.69, 9.17) is 20.7 Å². The van der Waals surface area contributed by atoms with Gasteiger partial charge in [-0.15, -0.1) is 12.4 Å². The van der Waals surface area contributed by atoms with E-state index >= 15 is 0 Å². The number of hydrogen-bond acceptors (Lipinski definition) is 6. The second-order valence-electron chi connectivity index (χ2n) is 4.28. The number of rotatable bonds is 5. The minimum absolute atomic E-state index is 0. The topological polar surface area (TPSA) is 113 Å². The van der Waals surface area contributed by atoms with Crippen LogP contribution in [-0.2, 0) is 16.0 Å². The summed E-state index contributed by atoms with van der Waals surface area (Å²) in [5.41, 5.74) is 5.15. The molecule has 0 amide bonds. The largest absolute Gasteiger partial charge is 0.504 e. The van der Waals surface area contributed by atoms with Gasteiger partial charge in [-0.25, -0.2) is 0 Å². The highest BCUT2D eigenvalue weighted by molar-refractivity contribution is 5.85. The molecule has 6 nitrogen and oxygen atoms in total. The van der Waals surface area contributed by atoms with Crippen molar-refractivity contribution in [3.05, 3.63) is 23.8 Å². The maximum Gasteiger partial charge on any atom is 0.326 e. The number of aliphatic hydroxyl groups excluding tert-OH is 1. The van der Waals surface area contributed by atoms with Crippen LogP contribution >= 0.6 is 12.4 Å². The first kappa shape index (κ1) is 17.5. The van der Waals surface area contributed by atoms with E-state index < -0.39 is 11.5 Å². The SMILES string of the molecule is C[C@](N)(Cc1ccc(O)c(O)c1)C(=O)OCCO.Cl. The summed E-state index contributed by atoms with van der Waals surface area (Å²) >= 11 is 0. The lowest BCUT2D eigenvalue weighted by molar-refractivity contribution is -0.150. The first-order chi connectivity index (χ1) is 8.36. The van der Waals surface area contributed by atoms with Gasteiger partial charge in [0.1, 0.15) is 12.1 Å². The van der Waals surface area contributed by atoms with E-state index in [1.165, 1.54) is 19.1 Å². The van der Waals surface area contributed by atoms with Crippen LogP contribution in [0.3, 0.4) is 0 Å². The van der Waals surface area contributed by atoms with Crippen LogP contribution in [-0.4, -0.2) is 40.0 Å². The number of benzene rings is 1. The number of halogens is 1. The quantitative estimate of drug-likeness (QED) is 0.459. The molecule has 0 aliphatic rings. The van der Waals surface area contributed by atoms with E-state index in [-0.39, 0.29) is 43.5 Å². The predicted molar refractivity (Wildman–Crippen MR) is 71.4 cm³/mol. The second kappa shape index (κ2) is 7.18. The molecule has 0 aliphatic carbocycles. The number of hydrogen-bond donors (Lipinski definition) is 4. The van der Waals surface area contributed by atoms with E-state index in [9.17, 15) is 9.90 Å². The van der Waals surface area contributed by atoms with Crippen molar-refractivity contribution in [3.63, 3.8) is 0 Å². The summed E-state index contributed by atoms with van der Waals surface area (Å²) in [6.45, 7) is 1.13. The van der Waals surface area contributed by atoms with E-state index in [1.54, 1.807) is 6.07 Å². The third kappa shape index (κ3) is 4.94. The van der Waals surface area contributed by atoms with Crippen LogP contribution in [0.2, 0.25) is 0 Å². The first-order valence-corrected chi connectivity index (χ1v) is 5.44. The van der Waals surface area contributed by atoms with E-state index in [2.05, 4.69) is 0 Å². The van der Waals surface area contributed by atoms with Crippen molar-refractivity contribution >= 4 is 18.4 Å². The van der Waals surface area contributed by atoms with E-state index in [1.807, 2.05) is 0 Å². The molecule has 1 aromatic carbocycles. The van der Waals surface area contributed by atoms with Gasteiger partial charge in [0.15, 0.2) is 11.5 Å². The fraction of sp³-hybridized carbons (Fsp3) is 0.417. The molecule has 1 aromatic rings. The first-order valence-electron chi connectivity index (χ1n) is 5.44. The van der Waals surface area contributed by atoms with Crippen molar-refractivity contribution in [1.29, 1.82) is 0 Å². The molecule has 0 fully saturated rings. The minimum Gasteiger partial charge on any atom is -0.504 e. The number of carbonyl (C=O) groups is 1. The van der Waals surface area contributed by atoms with Crippen LogP contribution in [0.5, 0.6) is 11.5 Å². The van der Waals surface area contributed by atoms with Crippen molar-refractivity contribution in [3.8, 4) is 11.5 Å². The van der Waals surface area contributed by atoms with Gasteiger partial charge in [-0.05, 0) is 24.6 Å². The van der Waals surface area contributed by atoms with Gasteiger partial charge in [0.2, 0.25) is 0 Å². The third-order valence-corrected chi connectivity index (χ3v) is 2.40. The lowest BCUT2D eigenvalue weighted by Crippen LogP contribution is -2.48. The van der Waals surface area contributed by atoms with Gasteiger partial charge in [0, 0.05) is 6.42 Å². The Labute approximate surface area is 117 Å². The summed E-state index contributed by atoms with van der Waals surface area (Å²) in [5.74, 6) is -1.14. The highest BCUT2D eigenvalue weighted by atomic mass is 35.5. The second-order valence-corrected chi connectivity index (χ2v) is 4.28. The van der Waals surface area contributed by atoms with Crippen molar-refractivity contribution < 1.29 is 24.9 Å². The Morgan fingerprint density at radius 3 is 2.53 bits per heavy atom. The predicted octanol–water partition coefficient (Wildman–Crippen LogP) is 0.315.